The van der Waals surface area contributed by atoms with Crippen LogP contribution in [-0.2, 0) is 4.79 Å². The van der Waals surface area contributed by atoms with Gasteiger partial charge in [0.05, 0.1) is 6.10 Å². The lowest BCUT2D eigenvalue weighted by molar-refractivity contribution is -0.130. The lowest BCUT2D eigenvalue weighted by Crippen LogP contribution is -1.91. The van der Waals surface area contributed by atoms with Crippen LogP contribution in [0.4, 0.5) is 0 Å². The van der Waals surface area contributed by atoms with Crippen molar-refractivity contribution in [2.75, 3.05) is 0 Å². The van der Waals surface area contributed by atoms with Crippen LogP contribution in [-0.4, -0.2) is 22.3 Å². The molecule has 0 aliphatic heterocycles. The fourth-order valence-electron chi connectivity index (χ4n) is 0.291. The van der Waals surface area contributed by atoms with Crippen molar-refractivity contribution < 1.29 is 15.0 Å². The van der Waals surface area contributed by atoms with E-state index in [1.165, 1.54) is 12.2 Å². The van der Waals surface area contributed by atoms with Crippen molar-refractivity contribution in [1.82, 2.24) is 0 Å². The van der Waals surface area contributed by atoms with E-state index >= 15 is 0 Å². The van der Waals surface area contributed by atoms with E-state index in [9.17, 15) is 4.79 Å². The molecule has 1 atom stereocenters. The monoisotopic (exact) mass is 140 g/mol. The standard InChI is InChI=1S/C7H8O3/c1-6(8)4-2-3-5-7(9)10/h2,4,6,8H,1H3,(H,9,10)/b4-2+. The molecule has 3 heteroatoms. The van der Waals surface area contributed by atoms with E-state index in [1.807, 2.05) is 5.92 Å². The van der Waals surface area contributed by atoms with Gasteiger partial charge in [0.15, 0.2) is 0 Å². The number of aliphatic carboxylic acids is 1. The SMILES string of the molecule is CC(O)/C=C/C#CC(=O)O. The number of carbonyl (C=O) groups is 1. The molecular formula is C7H8O3. The number of carboxylic acid groups (broad SMARTS) is 1. The summed E-state index contributed by atoms with van der Waals surface area (Å²) in [4.78, 5) is 9.77. The first kappa shape index (κ1) is 8.73. The second-order valence-corrected chi connectivity index (χ2v) is 1.67. The summed E-state index contributed by atoms with van der Waals surface area (Å²) in [5.74, 6) is 2.92. The lowest BCUT2D eigenvalue weighted by Gasteiger charge is -1.87. The van der Waals surface area contributed by atoms with Crippen molar-refractivity contribution in [1.29, 1.82) is 0 Å². The first-order valence-electron chi connectivity index (χ1n) is 2.72. The van der Waals surface area contributed by atoms with E-state index < -0.39 is 12.1 Å². The maximum Gasteiger partial charge on any atom is 0.382 e. The number of carboxylic acids is 1. The zero-order valence-corrected chi connectivity index (χ0v) is 5.53. The summed E-state index contributed by atoms with van der Waals surface area (Å²) in [6.45, 7) is 1.55. The quantitative estimate of drug-likeness (QED) is 0.504. The molecule has 0 bridgehead atoms. The Morgan fingerprint density at radius 2 is 2.30 bits per heavy atom. The summed E-state index contributed by atoms with van der Waals surface area (Å²) >= 11 is 0. The fourth-order valence-corrected chi connectivity index (χ4v) is 0.291. The largest absolute Gasteiger partial charge is 0.472 e. The van der Waals surface area contributed by atoms with Crippen LogP contribution in [0, 0.1) is 11.8 Å². The molecule has 0 aromatic carbocycles. The van der Waals surface area contributed by atoms with Gasteiger partial charge in [0.1, 0.15) is 0 Å². The molecule has 3 nitrogen and oxygen atoms in total. The van der Waals surface area contributed by atoms with Crippen molar-refractivity contribution in [3.8, 4) is 11.8 Å². The third-order valence-electron chi connectivity index (χ3n) is 0.637. The number of hydrogen-bond acceptors (Lipinski definition) is 2. The third-order valence-corrected chi connectivity index (χ3v) is 0.637. The van der Waals surface area contributed by atoms with Crippen LogP contribution < -0.4 is 0 Å². The highest BCUT2D eigenvalue weighted by Crippen LogP contribution is 1.79. The molecule has 10 heavy (non-hydrogen) atoms. The van der Waals surface area contributed by atoms with Crippen LogP contribution in [0.15, 0.2) is 12.2 Å². The Morgan fingerprint density at radius 3 is 2.70 bits per heavy atom. The number of aliphatic hydroxyl groups is 1. The minimum absolute atomic E-state index is 0.580. The van der Waals surface area contributed by atoms with Gasteiger partial charge in [-0.3, -0.25) is 0 Å². The molecule has 0 saturated heterocycles. The van der Waals surface area contributed by atoms with E-state index in [0.717, 1.165) is 0 Å². The Bertz CT molecular complexity index is 193. The topological polar surface area (TPSA) is 57.5 Å². The molecule has 0 aliphatic carbocycles. The molecule has 2 N–H and O–H groups in total. The van der Waals surface area contributed by atoms with E-state index in [4.69, 9.17) is 10.2 Å². The van der Waals surface area contributed by atoms with Gasteiger partial charge in [0, 0.05) is 5.92 Å². The Labute approximate surface area is 59.0 Å². The molecule has 54 valence electrons. The molecule has 1 unspecified atom stereocenters. The van der Waals surface area contributed by atoms with Crippen LogP contribution in [0.3, 0.4) is 0 Å². The second kappa shape index (κ2) is 4.59. The summed E-state index contributed by atoms with van der Waals surface area (Å²) in [5.41, 5.74) is 0. The number of aliphatic hydroxyl groups excluding tert-OH is 1. The molecule has 0 amide bonds. The Hall–Kier alpha value is -1.27. The molecule has 0 spiro atoms. The first-order valence-corrected chi connectivity index (χ1v) is 2.72. The van der Waals surface area contributed by atoms with E-state index in [2.05, 4.69) is 5.92 Å². The van der Waals surface area contributed by atoms with Gasteiger partial charge in [-0.25, -0.2) is 4.79 Å². The summed E-state index contributed by atoms with van der Waals surface area (Å²) < 4.78 is 0. The van der Waals surface area contributed by atoms with E-state index in [0.29, 0.717) is 0 Å². The first-order chi connectivity index (χ1) is 4.63. The van der Waals surface area contributed by atoms with Crippen molar-refractivity contribution in [2.45, 2.75) is 13.0 Å². The molecule has 0 aromatic heterocycles. The summed E-state index contributed by atoms with van der Waals surface area (Å²) in [6, 6.07) is 0. The minimum atomic E-state index is -1.17. The fraction of sp³-hybridized carbons (Fsp3) is 0.286. The summed E-state index contributed by atoms with van der Waals surface area (Å²) in [6.07, 6.45) is 2.12. The predicted octanol–water partition coefficient (Wildman–Crippen LogP) is 0.0114. The highest BCUT2D eigenvalue weighted by atomic mass is 16.4. The average Bonchev–Trinajstić information content (AvgIpc) is 1.79. The average molecular weight is 140 g/mol. The van der Waals surface area contributed by atoms with Gasteiger partial charge in [0.25, 0.3) is 0 Å². The van der Waals surface area contributed by atoms with Crippen LogP contribution in [0.2, 0.25) is 0 Å². The number of hydrogen-bond donors (Lipinski definition) is 2. The molecule has 0 rings (SSSR count). The third kappa shape index (κ3) is 6.73. The van der Waals surface area contributed by atoms with Gasteiger partial charge in [-0.2, -0.15) is 0 Å². The van der Waals surface area contributed by atoms with Gasteiger partial charge in [-0.05, 0) is 19.1 Å². The molecule has 0 heterocycles. The van der Waals surface area contributed by atoms with E-state index in [1.54, 1.807) is 6.92 Å². The molecule has 0 radical (unpaired) electrons. The van der Waals surface area contributed by atoms with Crippen molar-refractivity contribution in [3.05, 3.63) is 12.2 Å². The van der Waals surface area contributed by atoms with Gasteiger partial charge in [-0.1, -0.05) is 5.92 Å². The van der Waals surface area contributed by atoms with Crippen LogP contribution in [0.5, 0.6) is 0 Å². The summed E-state index contributed by atoms with van der Waals surface area (Å²) in [5, 5.41) is 16.6. The minimum Gasteiger partial charge on any atom is -0.472 e. The van der Waals surface area contributed by atoms with Crippen molar-refractivity contribution >= 4 is 5.97 Å². The number of allylic oxidation sites excluding steroid dienone is 1. The Morgan fingerprint density at radius 1 is 1.70 bits per heavy atom. The maximum absolute atomic E-state index is 9.77. The van der Waals surface area contributed by atoms with Crippen LogP contribution in [0.25, 0.3) is 0 Å². The highest BCUT2D eigenvalue weighted by Gasteiger charge is 1.82. The Kier molecular flexibility index (Phi) is 4.01. The normalized spacial score (nSPS) is 12.2. The zero-order chi connectivity index (χ0) is 7.98. The van der Waals surface area contributed by atoms with Crippen LogP contribution in [0.1, 0.15) is 6.92 Å². The van der Waals surface area contributed by atoms with Gasteiger partial charge < -0.3 is 10.2 Å². The van der Waals surface area contributed by atoms with Crippen molar-refractivity contribution in [2.24, 2.45) is 0 Å². The molecular weight excluding hydrogens is 132 g/mol. The molecule has 0 aliphatic rings. The van der Waals surface area contributed by atoms with Crippen molar-refractivity contribution in [3.63, 3.8) is 0 Å². The molecule has 0 fully saturated rings. The maximum atomic E-state index is 9.77. The molecule has 0 aromatic rings. The Balaban J connectivity index is 3.76. The van der Waals surface area contributed by atoms with Gasteiger partial charge in [0.2, 0.25) is 0 Å². The number of rotatable bonds is 1. The van der Waals surface area contributed by atoms with E-state index in [-0.39, 0.29) is 0 Å². The summed E-state index contributed by atoms with van der Waals surface area (Å²) in [7, 11) is 0. The predicted molar refractivity (Wildman–Crippen MR) is 36.2 cm³/mol. The zero-order valence-electron chi connectivity index (χ0n) is 5.53. The van der Waals surface area contributed by atoms with Gasteiger partial charge in [-0.15, -0.1) is 0 Å². The van der Waals surface area contributed by atoms with Gasteiger partial charge >= 0.3 is 5.97 Å². The van der Waals surface area contributed by atoms with Crippen LogP contribution >= 0.6 is 0 Å². The second-order valence-electron chi connectivity index (χ2n) is 1.67. The highest BCUT2D eigenvalue weighted by molar-refractivity contribution is 5.86. The molecule has 0 saturated carbocycles. The lowest BCUT2D eigenvalue weighted by atomic mass is 10.3. The smallest absolute Gasteiger partial charge is 0.382 e.